The molecule has 0 fully saturated rings. The predicted molar refractivity (Wildman–Crippen MR) is 105 cm³/mol. The summed E-state index contributed by atoms with van der Waals surface area (Å²) in [4.78, 5) is 23.8. The Balaban J connectivity index is 1.85. The molecular formula is C20H20ClF3N2O4. The van der Waals surface area contributed by atoms with Crippen molar-refractivity contribution >= 4 is 23.4 Å². The van der Waals surface area contributed by atoms with Gasteiger partial charge in [-0.05, 0) is 41.8 Å². The van der Waals surface area contributed by atoms with Crippen LogP contribution in [0.1, 0.15) is 16.7 Å². The standard InChI is InChI=1S/C20H20ClF3N2O4/c1-29-16-6-4-12(10-17(16)30-2)7-8-25-18(27)19(28)26-11-13-3-5-15(21)14(9-13)20(22,23)24/h3-6,9-10H,7-8,11H2,1-2H3,(H,25,27)(H,26,28). The number of halogens is 4. The van der Waals surface area contributed by atoms with E-state index in [0.717, 1.165) is 17.7 Å². The van der Waals surface area contributed by atoms with E-state index in [9.17, 15) is 22.8 Å². The van der Waals surface area contributed by atoms with Gasteiger partial charge >= 0.3 is 18.0 Å². The first-order valence-corrected chi connectivity index (χ1v) is 9.16. The zero-order valence-corrected chi connectivity index (χ0v) is 17.0. The molecular weight excluding hydrogens is 425 g/mol. The van der Waals surface area contributed by atoms with Crippen molar-refractivity contribution in [2.45, 2.75) is 19.1 Å². The third-order valence-electron chi connectivity index (χ3n) is 4.14. The van der Waals surface area contributed by atoms with Gasteiger partial charge in [0.05, 0.1) is 24.8 Å². The largest absolute Gasteiger partial charge is 0.493 e. The maximum absolute atomic E-state index is 12.9. The van der Waals surface area contributed by atoms with Crippen molar-refractivity contribution in [3.05, 3.63) is 58.1 Å². The molecule has 0 bridgehead atoms. The zero-order valence-electron chi connectivity index (χ0n) is 16.2. The molecule has 2 N–H and O–H groups in total. The number of carbonyl (C=O) groups is 2. The van der Waals surface area contributed by atoms with E-state index in [1.807, 2.05) is 0 Å². The third kappa shape index (κ3) is 6.28. The maximum Gasteiger partial charge on any atom is 0.417 e. The Morgan fingerprint density at radius 3 is 2.20 bits per heavy atom. The normalized spacial score (nSPS) is 11.0. The maximum atomic E-state index is 12.9. The molecule has 0 unspecified atom stereocenters. The number of benzene rings is 2. The topological polar surface area (TPSA) is 76.7 Å². The van der Waals surface area contributed by atoms with Crippen molar-refractivity contribution < 1.29 is 32.2 Å². The fourth-order valence-corrected chi connectivity index (χ4v) is 2.82. The Morgan fingerprint density at radius 2 is 1.57 bits per heavy atom. The molecule has 0 spiro atoms. The van der Waals surface area contributed by atoms with Crippen LogP contribution in [-0.4, -0.2) is 32.6 Å². The summed E-state index contributed by atoms with van der Waals surface area (Å²) in [7, 11) is 3.02. The molecule has 2 rings (SSSR count). The Kier molecular flexibility index (Phi) is 7.93. The van der Waals surface area contributed by atoms with Crippen LogP contribution in [0.2, 0.25) is 5.02 Å². The van der Waals surface area contributed by atoms with Crippen molar-refractivity contribution in [3.8, 4) is 11.5 Å². The quantitative estimate of drug-likeness (QED) is 0.642. The predicted octanol–water partition coefficient (Wildman–Crippen LogP) is 3.35. The second-order valence-corrected chi connectivity index (χ2v) is 6.60. The first kappa shape index (κ1) is 23.3. The smallest absolute Gasteiger partial charge is 0.417 e. The van der Waals surface area contributed by atoms with Crippen LogP contribution in [0, 0.1) is 0 Å². The molecule has 2 aromatic carbocycles. The lowest BCUT2D eigenvalue weighted by Gasteiger charge is -2.12. The van der Waals surface area contributed by atoms with Gasteiger partial charge in [0, 0.05) is 13.1 Å². The fraction of sp³-hybridized carbons (Fsp3) is 0.300. The van der Waals surface area contributed by atoms with Gasteiger partial charge in [-0.2, -0.15) is 13.2 Å². The van der Waals surface area contributed by atoms with E-state index in [4.69, 9.17) is 21.1 Å². The van der Waals surface area contributed by atoms with Gasteiger partial charge in [0.15, 0.2) is 11.5 Å². The molecule has 30 heavy (non-hydrogen) atoms. The van der Waals surface area contributed by atoms with E-state index in [0.29, 0.717) is 17.9 Å². The van der Waals surface area contributed by atoms with Crippen molar-refractivity contribution in [1.82, 2.24) is 10.6 Å². The van der Waals surface area contributed by atoms with Gasteiger partial charge in [-0.1, -0.05) is 23.7 Å². The molecule has 0 aliphatic heterocycles. The number of methoxy groups -OCH3 is 2. The zero-order chi connectivity index (χ0) is 22.3. The van der Waals surface area contributed by atoms with Crippen molar-refractivity contribution in [2.24, 2.45) is 0 Å². The average molecular weight is 445 g/mol. The third-order valence-corrected chi connectivity index (χ3v) is 4.47. The molecule has 0 aliphatic carbocycles. The Labute approximate surface area is 176 Å². The molecule has 6 nitrogen and oxygen atoms in total. The number of carbonyl (C=O) groups excluding carboxylic acids is 2. The van der Waals surface area contributed by atoms with Crippen LogP contribution in [0.15, 0.2) is 36.4 Å². The molecule has 2 aromatic rings. The summed E-state index contributed by atoms with van der Waals surface area (Å²) in [5.74, 6) is -0.730. The van der Waals surface area contributed by atoms with Crippen molar-refractivity contribution in [2.75, 3.05) is 20.8 Å². The Morgan fingerprint density at radius 1 is 0.933 bits per heavy atom. The number of hydrogen-bond acceptors (Lipinski definition) is 4. The number of hydrogen-bond donors (Lipinski definition) is 2. The highest BCUT2D eigenvalue weighted by Crippen LogP contribution is 2.35. The molecule has 2 amide bonds. The summed E-state index contributed by atoms with van der Waals surface area (Å²) in [5.41, 5.74) is 0.0164. The second-order valence-electron chi connectivity index (χ2n) is 6.19. The number of alkyl halides is 3. The number of rotatable bonds is 7. The van der Waals surface area contributed by atoms with Gasteiger partial charge in [-0.3, -0.25) is 9.59 Å². The SMILES string of the molecule is COc1ccc(CCNC(=O)C(=O)NCc2ccc(Cl)c(C(F)(F)F)c2)cc1OC. The lowest BCUT2D eigenvalue weighted by Crippen LogP contribution is -2.40. The van der Waals surface area contributed by atoms with Crippen LogP contribution in [0.25, 0.3) is 0 Å². The van der Waals surface area contributed by atoms with Gasteiger partial charge in [0.25, 0.3) is 0 Å². The van der Waals surface area contributed by atoms with Crippen LogP contribution >= 0.6 is 11.6 Å². The Bertz CT molecular complexity index is 919. The van der Waals surface area contributed by atoms with Gasteiger partial charge in [0.2, 0.25) is 0 Å². The van der Waals surface area contributed by atoms with Crippen LogP contribution in [0.4, 0.5) is 13.2 Å². The van der Waals surface area contributed by atoms with Gasteiger partial charge in [-0.15, -0.1) is 0 Å². The molecule has 0 aromatic heterocycles. The van der Waals surface area contributed by atoms with Crippen LogP contribution < -0.4 is 20.1 Å². The minimum Gasteiger partial charge on any atom is -0.493 e. The highest BCUT2D eigenvalue weighted by atomic mass is 35.5. The lowest BCUT2D eigenvalue weighted by molar-refractivity contribution is -0.139. The van der Waals surface area contributed by atoms with Crippen LogP contribution in [0.5, 0.6) is 11.5 Å². The number of ether oxygens (including phenoxy) is 2. The molecule has 10 heteroatoms. The molecule has 162 valence electrons. The van der Waals surface area contributed by atoms with Gasteiger partial charge < -0.3 is 20.1 Å². The summed E-state index contributed by atoms with van der Waals surface area (Å²) in [6.07, 6.45) is -4.18. The summed E-state index contributed by atoms with van der Waals surface area (Å²) in [5, 5.41) is 4.30. The first-order chi connectivity index (χ1) is 14.2. The van der Waals surface area contributed by atoms with Crippen molar-refractivity contribution in [1.29, 1.82) is 0 Å². The highest BCUT2D eigenvalue weighted by Gasteiger charge is 2.33. The van der Waals surface area contributed by atoms with Crippen molar-refractivity contribution in [3.63, 3.8) is 0 Å². The lowest BCUT2D eigenvalue weighted by atomic mass is 10.1. The van der Waals surface area contributed by atoms with E-state index in [1.54, 1.807) is 18.2 Å². The number of nitrogens with one attached hydrogen (secondary N) is 2. The molecule has 0 aliphatic rings. The van der Waals surface area contributed by atoms with E-state index >= 15 is 0 Å². The molecule has 0 radical (unpaired) electrons. The summed E-state index contributed by atoms with van der Waals surface area (Å²) in [6, 6.07) is 8.54. The molecule has 0 saturated heterocycles. The summed E-state index contributed by atoms with van der Waals surface area (Å²) in [6.45, 7) is -0.0664. The van der Waals surface area contributed by atoms with E-state index in [2.05, 4.69) is 10.6 Å². The van der Waals surface area contributed by atoms with Gasteiger partial charge in [0.1, 0.15) is 0 Å². The van der Waals surface area contributed by atoms with Crippen LogP contribution in [0.3, 0.4) is 0 Å². The van der Waals surface area contributed by atoms with E-state index in [1.165, 1.54) is 20.3 Å². The monoisotopic (exact) mass is 444 g/mol. The highest BCUT2D eigenvalue weighted by molar-refractivity contribution is 6.35. The molecule has 0 saturated carbocycles. The fourth-order valence-electron chi connectivity index (χ4n) is 2.60. The summed E-state index contributed by atoms with van der Waals surface area (Å²) >= 11 is 5.55. The second kappa shape index (κ2) is 10.2. The van der Waals surface area contributed by atoms with E-state index in [-0.39, 0.29) is 18.7 Å². The average Bonchev–Trinajstić information content (AvgIpc) is 2.71. The number of amides is 2. The molecule has 0 atom stereocenters. The van der Waals surface area contributed by atoms with Gasteiger partial charge in [-0.25, -0.2) is 0 Å². The molecule has 0 heterocycles. The minimum atomic E-state index is -4.61. The Hall–Kier alpha value is -2.94. The summed E-state index contributed by atoms with van der Waals surface area (Å²) < 4.78 is 49.0. The van der Waals surface area contributed by atoms with E-state index < -0.39 is 28.6 Å². The minimum absolute atomic E-state index is 0.165. The van der Waals surface area contributed by atoms with Crippen LogP contribution in [-0.2, 0) is 28.7 Å². The first-order valence-electron chi connectivity index (χ1n) is 8.78.